The summed E-state index contributed by atoms with van der Waals surface area (Å²) in [7, 11) is 1.74. The lowest BCUT2D eigenvalue weighted by atomic mass is 10.2. The zero-order chi connectivity index (χ0) is 15.2. The van der Waals surface area contributed by atoms with Crippen molar-refractivity contribution < 1.29 is 9.53 Å². The molecule has 0 bridgehead atoms. The van der Waals surface area contributed by atoms with E-state index in [0.29, 0.717) is 6.54 Å². The number of amides is 1. The Labute approximate surface area is 129 Å². The number of rotatable bonds is 5. The van der Waals surface area contributed by atoms with Crippen LogP contribution in [0.4, 0.5) is 4.79 Å². The highest BCUT2D eigenvalue weighted by atomic mass is 79.9. The number of hydrogen-bond acceptors (Lipinski definition) is 3. The number of ether oxygens (including phenoxy) is 1. The van der Waals surface area contributed by atoms with Gasteiger partial charge in [-0.15, -0.1) is 0 Å². The molecule has 0 saturated carbocycles. The lowest BCUT2D eigenvalue weighted by molar-refractivity contribution is 0.0300. The van der Waals surface area contributed by atoms with E-state index in [0.717, 1.165) is 17.6 Å². The van der Waals surface area contributed by atoms with Gasteiger partial charge in [0.25, 0.3) is 0 Å². The molecule has 0 aromatic heterocycles. The fourth-order valence-electron chi connectivity index (χ4n) is 1.56. The second-order valence-corrected chi connectivity index (χ2v) is 6.62. The molecular weight excluding hydrogens is 320 g/mol. The summed E-state index contributed by atoms with van der Waals surface area (Å²) in [6.45, 7) is 7.71. The Bertz CT molecular complexity index is 444. The van der Waals surface area contributed by atoms with E-state index in [4.69, 9.17) is 4.74 Å². The highest BCUT2D eigenvalue weighted by Crippen LogP contribution is 2.11. The van der Waals surface area contributed by atoms with Gasteiger partial charge in [-0.2, -0.15) is 0 Å². The van der Waals surface area contributed by atoms with Crippen LogP contribution in [0.1, 0.15) is 26.3 Å². The average molecular weight is 343 g/mol. The maximum atomic E-state index is 11.7. The van der Waals surface area contributed by atoms with Gasteiger partial charge in [0, 0.05) is 31.2 Å². The zero-order valence-corrected chi connectivity index (χ0v) is 14.2. The molecule has 0 aliphatic heterocycles. The van der Waals surface area contributed by atoms with Gasteiger partial charge in [0.1, 0.15) is 5.60 Å². The standard InChI is InChI=1S/C15H23BrN2O2/c1-15(2,3)20-14(19)18(4)9-8-17-11-12-6-5-7-13(16)10-12/h5-7,10,17H,8-9,11H2,1-4H3. The number of benzene rings is 1. The quantitative estimate of drug-likeness (QED) is 0.833. The van der Waals surface area contributed by atoms with Crippen molar-refractivity contribution in [3.8, 4) is 0 Å². The largest absolute Gasteiger partial charge is 0.444 e. The van der Waals surface area contributed by atoms with Crippen molar-refractivity contribution in [1.82, 2.24) is 10.2 Å². The molecule has 0 atom stereocenters. The second kappa shape index (κ2) is 7.64. The maximum absolute atomic E-state index is 11.7. The Morgan fingerprint density at radius 1 is 1.40 bits per heavy atom. The van der Waals surface area contributed by atoms with Crippen LogP contribution in [0.2, 0.25) is 0 Å². The van der Waals surface area contributed by atoms with Crippen LogP contribution in [-0.2, 0) is 11.3 Å². The third-order valence-corrected chi connectivity index (χ3v) is 3.04. The Morgan fingerprint density at radius 2 is 2.10 bits per heavy atom. The molecule has 1 N–H and O–H groups in total. The molecule has 20 heavy (non-hydrogen) atoms. The molecule has 0 radical (unpaired) electrons. The molecule has 0 spiro atoms. The molecule has 5 heteroatoms. The van der Waals surface area contributed by atoms with Crippen molar-refractivity contribution >= 4 is 22.0 Å². The first-order valence-corrected chi connectivity index (χ1v) is 7.46. The summed E-state index contributed by atoms with van der Waals surface area (Å²) in [5.74, 6) is 0. The van der Waals surface area contributed by atoms with E-state index in [9.17, 15) is 4.79 Å². The van der Waals surface area contributed by atoms with Crippen molar-refractivity contribution in [3.05, 3.63) is 34.3 Å². The first-order chi connectivity index (χ1) is 9.28. The first-order valence-electron chi connectivity index (χ1n) is 6.67. The summed E-state index contributed by atoms with van der Waals surface area (Å²) in [5.41, 5.74) is 0.758. The molecule has 0 heterocycles. The van der Waals surface area contributed by atoms with Crippen LogP contribution in [0, 0.1) is 0 Å². The van der Waals surface area contributed by atoms with Crippen LogP contribution in [0.3, 0.4) is 0 Å². The molecule has 1 rings (SSSR count). The Kier molecular flexibility index (Phi) is 6.49. The highest BCUT2D eigenvalue weighted by Gasteiger charge is 2.18. The van der Waals surface area contributed by atoms with Gasteiger partial charge in [-0.1, -0.05) is 28.1 Å². The molecule has 1 aromatic carbocycles. The smallest absolute Gasteiger partial charge is 0.410 e. The molecule has 0 fully saturated rings. The molecule has 0 aliphatic carbocycles. The van der Waals surface area contributed by atoms with Gasteiger partial charge in [0.05, 0.1) is 0 Å². The summed E-state index contributed by atoms with van der Waals surface area (Å²) >= 11 is 3.44. The lowest BCUT2D eigenvalue weighted by Gasteiger charge is -2.24. The Morgan fingerprint density at radius 3 is 2.70 bits per heavy atom. The number of carbonyl (C=O) groups is 1. The fraction of sp³-hybridized carbons (Fsp3) is 0.533. The third kappa shape index (κ3) is 6.91. The summed E-state index contributed by atoms with van der Waals surface area (Å²) in [6.07, 6.45) is -0.290. The summed E-state index contributed by atoms with van der Waals surface area (Å²) in [4.78, 5) is 13.3. The van der Waals surface area contributed by atoms with E-state index < -0.39 is 5.60 Å². The molecule has 112 valence electrons. The van der Waals surface area contributed by atoms with Crippen LogP contribution >= 0.6 is 15.9 Å². The van der Waals surface area contributed by atoms with Crippen molar-refractivity contribution in [2.45, 2.75) is 32.9 Å². The minimum atomic E-state index is -0.449. The molecule has 0 aliphatic rings. The van der Waals surface area contributed by atoms with E-state index in [1.165, 1.54) is 5.56 Å². The van der Waals surface area contributed by atoms with Crippen LogP contribution < -0.4 is 5.32 Å². The average Bonchev–Trinajstić information content (AvgIpc) is 2.32. The van der Waals surface area contributed by atoms with E-state index >= 15 is 0 Å². The van der Waals surface area contributed by atoms with Crippen molar-refractivity contribution in [3.63, 3.8) is 0 Å². The lowest BCUT2D eigenvalue weighted by Crippen LogP contribution is -2.37. The minimum Gasteiger partial charge on any atom is -0.444 e. The van der Waals surface area contributed by atoms with Gasteiger partial charge in [-0.05, 0) is 38.5 Å². The monoisotopic (exact) mass is 342 g/mol. The number of likely N-dealkylation sites (N-methyl/N-ethyl adjacent to an activating group) is 1. The number of nitrogens with one attached hydrogen (secondary N) is 1. The molecule has 1 aromatic rings. The summed E-state index contributed by atoms with van der Waals surface area (Å²) < 4.78 is 6.36. The van der Waals surface area contributed by atoms with Gasteiger partial charge < -0.3 is 15.0 Å². The number of carbonyl (C=O) groups excluding carboxylic acids is 1. The molecule has 1 amide bonds. The molecule has 0 unspecified atom stereocenters. The predicted octanol–water partition coefficient (Wildman–Crippen LogP) is 3.41. The van der Waals surface area contributed by atoms with Gasteiger partial charge >= 0.3 is 6.09 Å². The van der Waals surface area contributed by atoms with Gasteiger partial charge in [-0.3, -0.25) is 0 Å². The first kappa shape index (κ1) is 17.0. The van der Waals surface area contributed by atoms with E-state index in [1.54, 1.807) is 11.9 Å². The molecule has 0 saturated heterocycles. The van der Waals surface area contributed by atoms with Crippen molar-refractivity contribution in [1.29, 1.82) is 0 Å². The Hall–Kier alpha value is -1.07. The van der Waals surface area contributed by atoms with Gasteiger partial charge in [0.2, 0.25) is 0 Å². The third-order valence-electron chi connectivity index (χ3n) is 2.55. The number of hydrogen-bond donors (Lipinski definition) is 1. The SMILES string of the molecule is CN(CCNCc1cccc(Br)c1)C(=O)OC(C)(C)C. The number of nitrogens with zero attached hydrogens (tertiary/aromatic N) is 1. The minimum absolute atomic E-state index is 0.290. The van der Waals surface area contributed by atoms with E-state index in [2.05, 4.69) is 33.4 Å². The van der Waals surface area contributed by atoms with Gasteiger partial charge in [0.15, 0.2) is 0 Å². The van der Waals surface area contributed by atoms with Crippen LogP contribution in [-0.4, -0.2) is 36.7 Å². The van der Waals surface area contributed by atoms with E-state index in [1.807, 2.05) is 32.9 Å². The highest BCUT2D eigenvalue weighted by molar-refractivity contribution is 9.10. The molecule has 4 nitrogen and oxygen atoms in total. The van der Waals surface area contributed by atoms with E-state index in [-0.39, 0.29) is 6.09 Å². The van der Waals surface area contributed by atoms with Crippen LogP contribution in [0.5, 0.6) is 0 Å². The Balaban J connectivity index is 2.25. The van der Waals surface area contributed by atoms with Crippen molar-refractivity contribution in [2.24, 2.45) is 0 Å². The second-order valence-electron chi connectivity index (χ2n) is 5.71. The van der Waals surface area contributed by atoms with Crippen LogP contribution in [0.25, 0.3) is 0 Å². The maximum Gasteiger partial charge on any atom is 0.410 e. The number of halogens is 1. The predicted molar refractivity (Wildman–Crippen MR) is 84.7 cm³/mol. The zero-order valence-electron chi connectivity index (χ0n) is 12.6. The topological polar surface area (TPSA) is 41.6 Å². The normalized spacial score (nSPS) is 11.2. The fourth-order valence-corrected chi connectivity index (χ4v) is 2.00. The van der Waals surface area contributed by atoms with Crippen LogP contribution in [0.15, 0.2) is 28.7 Å². The summed E-state index contributed by atoms with van der Waals surface area (Å²) in [6, 6.07) is 8.15. The summed E-state index contributed by atoms with van der Waals surface area (Å²) in [5, 5.41) is 3.31. The van der Waals surface area contributed by atoms with Crippen molar-refractivity contribution in [2.75, 3.05) is 20.1 Å². The molecular formula is C15H23BrN2O2. The van der Waals surface area contributed by atoms with Gasteiger partial charge in [-0.25, -0.2) is 4.79 Å².